The summed E-state index contributed by atoms with van der Waals surface area (Å²) in [5.41, 5.74) is 0. The van der Waals surface area contributed by atoms with E-state index in [9.17, 15) is 85.6 Å². The van der Waals surface area contributed by atoms with E-state index >= 15 is 0 Å². The van der Waals surface area contributed by atoms with Crippen LogP contribution in [0.3, 0.4) is 0 Å². The van der Waals surface area contributed by atoms with Crippen molar-refractivity contribution in [1.82, 2.24) is 16.0 Å². The Morgan fingerprint density at radius 3 is 1.53 bits per heavy atom. The highest BCUT2D eigenvalue weighted by atomic mass is 16.8. The number of allylic oxidation sites excluding steroid dienone is 1. The van der Waals surface area contributed by atoms with Crippen molar-refractivity contribution in [2.75, 3.05) is 40.1 Å². The second kappa shape index (κ2) is 47.1. The minimum Gasteiger partial charge on any atom is -0.465 e. The highest BCUT2D eigenvalue weighted by Gasteiger charge is 2.62. The maximum Gasteiger partial charge on any atom is 0.366 e. The Morgan fingerprint density at radius 1 is 0.546 bits per heavy atom. The maximum atomic E-state index is 14.2. The molecule has 29 heteroatoms. The Bertz CT molecular complexity index is 2190. The van der Waals surface area contributed by atoms with Crippen LogP contribution in [0.4, 0.5) is 0 Å². The molecule has 23 atom stereocenters. The number of hydrogen-bond donors (Lipinski definition) is 16. The summed E-state index contributed by atoms with van der Waals surface area (Å²) in [5.74, 6) is -6.48. The normalized spacial score (nSPS) is 32.1. The molecule has 0 aromatic rings. The molecule has 0 aliphatic carbocycles. The van der Waals surface area contributed by atoms with E-state index in [1.165, 1.54) is 109 Å². The van der Waals surface area contributed by atoms with Gasteiger partial charge in [-0.25, -0.2) is 4.79 Å². The number of methoxy groups -OCH3 is 1. The summed E-state index contributed by atoms with van der Waals surface area (Å²) < 4.78 is 53.7. The first-order valence-corrected chi connectivity index (χ1v) is 36.0. The monoisotopic (exact) mass is 1400 g/mol. The molecule has 4 fully saturated rings. The third-order valence-corrected chi connectivity index (χ3v) is 18.6. The number of esters is 1. The number of nitrogens with one attached hydrogen (secondary N) is 3. The van der Waals surface area contributed by atoms with Crippen molar-refractivity contribution in [3.8, 4) is 0 Å². The fraction of sp³-hybridized carbons (Fsp3) is 0.912. The van der Waals surface area contributed by atoms with Crippen LogP contribution in [0.15, 0.2) is 12.2 Å². The number of ether oxygens (including phenoxy) is 9. The van der Waals surface area contributed by atoms with E-state index in [-0.39, 0.29) is 12.3 Å². The van der Waals surface area contributed by atoms with Gasteiger partial charge in [0.25, 0.3) is 5.79 Å². The van der Waals surface area contributed by atoms with Crippen LogP contribution >= 0.6 is 0 Å². The molecule has 0 radical (unpaired) electrons. The molecule has 16 N–H and O–H groups in total. The maximum absolute atomic E-state index is 14.2. The number of unbranched alkanes of at least 4 members (excludes halogenated alkanes) is 25. The van der Waals surface area contributed by atoms with Gasteiger partial charge in [0.05, 0.1) is 64.4 Å². The largest absolute Gasteiger partial charge is 0.465 e. The van der Waals surface area contributed by atoms with Gasteiger partial charge in [0.1, 0.15) is 91.5 Å². The van der Waals surface area contributed by atoms with Crippen LogP contribution in [0.25, 0.3) is 0 Å². The number of aliphatic hydroxyl groups excluding tert-OH is 13. The highest BCUT2D eigenvalue weighted by Crippen LogP contribution is 2.41. The molecule has 4 heterocycles. The number of aliphatic hydroxyl groups is 13. The van der Waals surface area contributed by atoms with E-state index in [1.54, 1.807) is 6.08 Å². The Labute approximate surface area is 572 Å². The summed E-state index contributed by atoms with van der Waals surface area (Å²) >= 11 is 0. The molecule has 0 spiro atoms. The zero-order chi connectivity index (χ0) is 71.5. The Hall–Kier alpha value is -3.22. The lowest BCUT2D eigenvalue weighted by atomic mass is 9.88. The molecule has 4 aliphatic heterocycles. The van der Waals surface area contributed by atoms with Crippen molar-refractivity contribution in [3.63, 3.8) is 0 Å². The van der Waals surface area contributed by atoms with E-state index in [1.807, 2.05) is 6.08 Å². The van der Waals surface area contributed by atoms with Gasteiger partial charge in [0, 0.05) is 26.7 Å². The van der Waals surface area contributed by atoms with Crippen molar-refractivity contribution in [2.24, 2.45) is 0 Å². The lowest BCUT2D eigenvalue weighted by Gasteiger charge is -2.52. The SMILES string of the molecule is CCCCCCCCCCCCC/C=C/[C@@H](O)[C@H](CO[C@@H]1O[C@H](CO)[C@@H](O[C@@H]2O[C@H](CO)[C@H](O[C@@H]3O[C@H](CO)[C@H](O)[C@H](O)[C@H]3NC(C)=O)[C@H](O[C@]3(C(=O)OC)C[C@H](O)[C@@H](NC(C)=O)[C@H]([C@H](O)[C@H](O)CO)O3)[C@H]2O)[C@H](O)[C@H]1O)NC(=O)CCCCCCCCCCCCCCCCC. The Kier molecular flexibility index (Phi) is 41.9. The molecule has 4 rings (SSSR count). The van der Waals surface area contributed by atoms with Crippen LogP contribution < -0.4 is 16.0 Å². The lowest BCUT2D eigenvalue weighted by molar-refractivity contribution is -0.401. The Morgan fingerprint density at radius 2 is 1.02 bits per heavy atom. The molecule has 0 saturated carbocycles. The first kappa shape index (κ1) is 86.2. The fourth-order valence-electron chi connectivity index (χ4n) is 13.0. The van der Waals surface area contributed by atoms with Crippen molar-refractivity contribution < 1.29 is 128 Å². The summed E-state index contributed by atoms with van der Waals surface area (Å²) in [7, 11) is 0.851. The van der Waals surface area contributed by atoms with Crippen molar-refractivity contribution in [3.05, 3.63) is 12.2 Å². The summed E-state index contributed by atoms with van der Waals surface area (Å²) in [6, 6.07) is -4.43. The van der Waals surface area contributed by atoms with Gasteiger partial charge < -0.3 is 125 Å². The second-order valence-electron chi connectivity index (χ2n) is 26.7. The standard InChI is InChI=1S/C68H123N3O26/c1-6-8-10-12-14-16-18-20-21-23-25-27-29-31-33-35-51(81)71-44(45(78)34-32-30-28-26-24-22-19-17-15-13-11-9-7-2)41-90-65-58(86)57(85)60(49(39-74)92-65)94-66-59(87)63(61(50(40-75)93-66)95-64-53(70-43(4)77)56(84)55(83)48(38-73)91-64)97-68(67(88)89-5)36-46(79)52(69-42(3)76)62(96-68)54(82)47(80)37-72/h32,34,44-50,52-66,72-75,78-80,82-87H,6-31,33,35-41H2,1-5H3,(H,69,76)(H,70,77)(H,71,81)/b34-32+/t44-,45+,46-,47+,48+,49+,50+,52+,53+,54+,55-,56+,57+,58+,59+,60+,61-,62+,63+,64-,65+,66-,68-/m0/s1. The van der Waals surface area contributed by atoms with E-state index in [4.69, 9.17) is 42.6 Å². The van der Waals surface area contributed by atoms with Crippen LogP contribution in [0.2, 0.25) is 0 Å². The molecule has 97 heavy (non-hydrogen) atoms. The average molecular weight is 1400 g/mol. The number of carbonyl (C=O) groups is 4. The quantitative estimate of drug-likeness (QED) is 0.0231. The molecule has 0 bridgehead atoms. The molecular weight excluding hydrogens is 1270 g/mol. The summed E-state index contributed by atoms with van der Waals surface area (Å²) in [6.07, 6.45) is -3.67. The molecular formula is C68H123N3O26. The summed E-state index contributed by atoms with van der Waals surface area (Å²) in [6.45, 7) is 1.89. The van der Waals surface area contributed by atoms with Gasteiger partial charge >= 0.3 is 5.97 Å². The van der Waals surface area contributed by atoms with Gasteiger partial charge in [-0.15, -0.1) is 0 Å². The molecule has 0 aromatic carbocycles. The molecule has 566 valence electrons. The van der Waals surface area contributed by atoms with Gasteiger partial charge in [0.15, 0.2) is 18.9 Å². The Balaban J connectivity index is 1.56. The first-order valence-electron chi connectivity index (χ1n) is 36.0. The van der Waals surface area contributed by atoms with E-state index in [2.05, 4.69) is 29.8 Å². The predicted molar refractivity (Wildman–Crippen MR) is 350 cm³/mol. The number of rotatable bonds is 49. The summed E-state index contributed by atoms with van der Waals surface area (Å²) in [5, 5.41) is 153. The molecule has 4 saturated heterocycles. The van der Waals surface area contributed by atoms with Crippen LogP contribution in [-0.2, 0) is 61.8 Å². The minimum atomic E-state index is -3.05. The highest BCUT2D eigenvalue weighted by molar-refractivity contribution is 5.78. The van der Waals surface area contributed by atoms with Crippen LogP contribution in [0.1, 0.15) is 214 Å². The van der Waals surface area contributed by atoms with Gasteiger partial charge in [-0.2, -0.15) is 0 Å². The van der Waals surface area contributed by atoms with Crippen LogP contribution in [0, 0.1) is 0 Å². The van der Waals surface area contributed by atoms with E-state index in [0.717, 1.165) is 72.3 Å². The van der Waals surface area contributed by atoms with Crippen molar-refractivity contribution >= 4 is 23.7 Å². The smallest absolute Gasteiger partial charge is 0.366 e. The second-order valence-corrected chi connectivity index (χ2v) is 26.7. The van der Waals surface area contributed by atoms with Crippen molar-refractivity contribution in [1.29, 1.82) is 0 Å². The third kappa shape index (κ3) is 28.2. The molecule has 29 nitrogen and oxygen atoms in total. The predicted octanol–water partition coefficient (Wildman–Crippen LogP) is 1.22. The zero-order valence-electron chi connectivity index (χ0n) is 58.0. The van der Waals surface area contributed by atoms with E-state index in [0.29, 0.717) is 12.8 Å². The van der Waals surface area contributed by atoms with Crippen LogP contribution in [0.5, 0.6) is 0 Å². The van der Waals surface area contributed by atoms with E-state index < -0.39 is 198 Å². The number of hydrogen-bond acceptors (Lipinski definition) is 26. The average Bonchev–Trinajstić information content (AvgIpc) is 0.752. The van der Waals surface area contributed by atoms with Gasteiger partial charge in [-0.1, -0.05) is 180 Å². The molecule has 3 amide bonds. The summed E-state index contributed by atoms with van der Waals surface area (Å²) in [4.78, 5) is 52.6. The van der Waals surface area contributed by atoms with Gasteiger partial charge in [-0.05, 0) is 19.3 Å². The van der Waals surface area contributed by atoms with Gasteiger partial charge in [0.2, 0.25) is 17.7 Å². The lowest BCUT2D eigenvalue weighted by Crippen LogP contribution is -2.72. The number of amides is 3. The first-order chi connectivity index (χ1) is 46.6. The molecule has 0 aromatic heterocycles. The zero-order valence-corrected chi connectivity index (χ0v) is 58.0. The fourth-order valence-corrected chi connectivity index (χ4v) is 13.0. The molecule has 4 aliphatic rings. The van der Waals surface area contributed by atoms with Gasteiger partial charge in [-0.3, -0.25) is 14.4 Å². The topological polar surface area (TPSA) is 450 Å². The van der Waals surface area contributed by atoms with Crippen LogP contribution in [-0.4, -0.2) is 271 Å². The van der Waals surface area contributed by atoms with Crippen molar-refractivity contribution in [2.45, 2.75) is 354 Å². The molecule has 0 unspecified atom stereocenters. The minimum absolute atomic E-state index is 0.168. The number of carbonyl (C=O) groups excluding carboxylic acids is 4. The third-order valence-electron chi connectivity index (χ3n) is 18.6.